The molecule has 0 saturated carbocycles. The van der Waals surface area contributed by atoms with Gasteiger partial charge in [-0.25, -0.2) is 4.79 Å². The van der Waals surface area contributed by atoms with Crippen molar-refractivity contribution in [1.29, 1.82) is 0 Å². The molecular formula is C20H17F2N3O5. The Kier molecular flexibility index (Phi) is 4.98. The second-order valence-corrected chi connectivity index (χ2v) is 6.72. The van der Waals surface area contributed by atoms with Crippen molar-refractivity contribution in [1.82, 2.24) is 10.3 Å². The van der Waals surface area contributed by atoms with Gasteiger partial charge in [0.05, 0.1) is 6.21 Å². The van der Waals surface area contributed by atoms with E-state index in [4.69, 9.17) is 9.47 Å². The molecule has 0 unspecified atom stereocenters. The summed E-state index contributed by atoms with van der Waals surface area (Å²) in [6, 6.07) is 9.89. The summed E-state index contributed by atoms with van der Waals surface area (Å²) in [5.41, 5.74) is -0.383. The van der Waals surface area contributed by atoms with Gasteiger partial charge in [-0.3, -0.25) is 4.79 Å². The molecule has 30 heavy (non-hydrogen) atoms. The number of rotatable bonds is 5. The zero-order valence-corrected chi connectivity index (χ0v) is 15.8. The number of alkyl halides is 2. The third-order valence-corrected chi connectivity index (χ3v) is 4.71. The van der Waals surface area contributed by atoms with Crippen LogP contribution in [-0.4, -0.2) is 43.0 Å². The van der Waals surface area contributed by atoms with Crippen LogP contribution in [0, 0.1) is 0 Å². The van der Waals surface area contributed by atoms with E-state index in [0.29, 0.717) is 35.8 Å². The number of carbonyl (C=O) groups excluding carboxylic acids is 2. The number of ether oxygens (including phenoxy) is 3. The summed E-state index contributed by atoms with van der Waals surface area (Å²) in [7, 11) is 0. The van der Waals surface area contributed by atoms with Crippen molar-refractivity contribution in [2.45, 2.75) is 19.1 Å². The van der Waals surface area contributed by atoms with Gasteiger partial charge in [-0.15, -0.1) is 5.01 Å². The third-order valence-electron chi connectivity index (χ3n) is 4.71. The highest BCUT2D eigenvalue weighted by molar-refractivity contribution is 6.07. The smallest absolute Gasteiger partial charge is 0.387 e. The molecule has 156 valence electrons. The minimum absolute atomic E-state index is 0.0531. The SMILES string of the molecule is C[C@@]1(c2ccc(OC(F)F)cc2)NC(=O)N(N=Cc2ccc3c(c2)OCCO3)C1=O. The molecule has 10 heteroatoms. The molecule has 1 saturated heterocycles. The van der Waals surface area contributed by atoms with Crippen molar-refractivity contribution in [3.63, 3.8) is 0 Å². The van der Waals surface area contributed by atoms with E-state index in [-0.39, 0.29) is 5.75 Å². The molecule has 0 aromatic heterocycles. The lowest BCUT2D eigenvalue weighted by molar-refractivity contribution is -0.131. The molecule has 2 aromatic carbocycles. The lowest BCUT2D eigenvalue weighted by Gasteiger charge is -2.21. The molecule has 0 radical (unpaired) electrons. The Morgan fingerprint density at radius 3 is 2.53 bits per heavy atom. The van der Waals surface area contributed by atoms with Gasteiger partial charge in [0.1, 0.15) is 24.5 Å². The van der Waals surface area contributed by atoms with Crippen LogP contribution in [0.4, 0.5) is 13.6 Å². The largest absolute Gasteiger partial charge is 0.486 e. The van der Waals surface area contributed by atoms with Gasteiger partial charge in [-0.2, -0.15) is 13.9 Å². The Morgan fingerprint density at radius 1 is 1.13 bits per heavy atom. The number of nitrogens with one attached hydrogen (secondary N) is 1. The van der Waals surface area contributed by atoms with E-state index in [9.17, 15) is 18.4 Å². The van der Waals surface area contributed by atoms with Crippen LogP contribution in [0.25, 0.3) is 0 Å². The number of nitrogens with zero attached hydrogens (tertiary/aromatic N) is 2. The Bertz CT molecular complexity index is 1010. The molecule has 2 aliphatic rings. The molecular weight excluding hydrogens is 400 g/mol. The fourth-order valence-corrected chi connectivity index (χ4v) is 3.16. The molecule has 4 rings (SSSR count). The van der Waals surface area contributed by atoms with Crippen LogP contribution < -0.4 is 19.5 Å². The highest BCUT2D eigenvalue weighted by atomic mass is 19.3. The first-order valence-electron chi connectivity index (χ1n) is 9.02. The predicted molar refractivity (Wildman–Crippen MR) is 101 cm³/mol. The number of fused-ring (bicyclic) bond motifs is 1. The number of hydrazone groups is 1. The summed E-state index contributed by atoms with van der Waals surface area (Å²) in [4.78, 5) is 25.2. The fourth-order valence-electron chi connectivity index (χ4n) is 3.16. The maximum Gasteiger partial charge on any atom is 0.387 e. The van der Waals surface area contributed by atoms with E-state index < -0.39 is 24.1 Å². The molecule has 2 aromatic rings. The second kappa shape index (κ2) is 7.62. The Hall–Kier alpha value is -3.69. The molecule has 0 spiro atoms. The topological polar surface area (TPSA) is 89.5 Å². The minimum atomic E-state index is -2.95. The normalized spacial score (nSPS) is 20.7. The summed E-state index contributed by atoms with van der Waals surface area (Å²) >= 11 is 0. The number of amides is 3. The van der Waals surface area contributed by atoms with Gasteiger partial charge in [0.25, 0.3) is 5.91 Å². The van der Waals surface area contributed by atoms with Crippen LogP contribution in [-0.2, 0) is 10.3 Å². The summed E-state index contributed by atoms with van der Waals surface area (Å²) in [6.07, 6.45) is 1.36. The van der Waals surface area contributed by atoms with Gasteiger partial charge in [-0.1, -0.05) is 12.1 Å². The number of urea groups is 1. The first-order valence-corrected chi connectivity index (χ1v) is 9.02. The molecule has 1 fully saturated rings. The Labute approximate surface area is 170 Å². The van der Waals surface area contributed by atoms with Gasteiger partial charge >= 0.3 is 12.6 Å². The minimum Gasteiger partial charge on any atom is -0.486 e. The van der Waals surface area contributed by atoms with E-state index in [1.807, 2.05) is 0 Å². The Morgan fingerprint density at radius 2 is 1.83 bits per heavy atom. The molecule has 0 bridgehead atoms. The number of imide groups is 1. The van der Waals surface area contributed by atoms with Crippen LogP contribution >= 0.6 is 0 Å². The monoisotopic (exact) mass is 417 g/mol. The molecule has 0 aliphatic carbocycles. The van der Waals surface area contributed by atoms with Crippen molar-refractivity contribution in [2.75, 3.05) is 13.2 Å². The third kappa shape index (κ3) is 3.63. The van der Waals surface area contributed by atoms with Gasteiger partial charge in [-0.05, 0) is 48.4 Å². The van der Waals surface area contributed by atoms with Crippen molar-refractivity contribution in [3.05, 3.63) is 53.6 Å². The number of halogens is 2. The van der Waals surface area contributed by atoms with Crippen molar-refractivity contribution >= 4 is 18.2 Å². The molecule has 3 amide bonds. The number of carbonyl (C=O) groups is 2. The summed E-state index contributed by atoms with van der Waals surface area (Å²) < 4.78 is 39.9. The van der Waals surface area contributed by atoms with Crippen LogP contribution in [0.3, 0.4) is 0 Å². The van der Waals surface area contributed by atoms with Crippen LogP contribution in [0.5, 0.6) is 17.2 Å². The highest BCUT2D eigenvalue weighted by Crippen LogP contribution is 2.32. The Balaban J connectivity index is 1.53. The first-order chi connectivity index (χ1) is 14.4. The van der Waals surface area contributed by atoms with E-state index in [1.165, 1.54) is 37.4 Å². The van der Waals surface area contributed by atoms with E-state index in [2.05, 4.69) is 15.2 Å². The number of hydrogen-bond donors (Lipinski definition) is 1. The molecule has 8 nitrogen and oxygen atoms in total. The maximum atomic E-state index is 12.9. The molecule has 1 N–H and O–H groups in total. The fraction of sp³-hybridized carbons (Fsp3) is 0.250. The summed E-state index contributed by atoms with van der Waals surface area (Å²) in [5.74, 6) is 0.505. The second-order valence-electron chi connectivity index (χ2n) is 6.72. The van der Waals surface area contributed by atoms with Crippen LogP contribution in [0.15, 0.2) is 47.6 Å². The summed E-state index contributed by atoms with van der Waals surface area (Å²) in [5, 5.41) is 7.31. The van der Waals surface area contributed by atoms with Crippen LogP contribution in [0.2, 0.25) is 0 Å². The molecule has 2 heterocycles. The van der Waals surface area contributed by atoms with Gasteiger partial charge < -0.3 is 19.5 Å². The average Bonchev–Trinajstić information content (AvgIpc) is 2.95. The lowest BCUT2D eigenvalue weighted by Crippen LogP contribution is -2.40. The lowest BCUT2D eigenvalue weighted by atomic mass is 9.92. The summed E-state index contributed by atoms with van der Waals surface area (Å²) in [6.45, 7) is -0.545. The molecule has 1 atom stereocenters. The van der Waals surface area contributed by atoms with Gasteiger partial charge in [0.2, 0.25) is 0 Å². The standard InChI is InChI=1S/C20H17F2N3O5/c1-20(13-3-5-14(6-4-13)30-18(21)22)17(26)25(19(27)24-20)23-11-12-2-7-15-16(10-12)29-9-8-28-15/h2-7,10-11,18H,8-9H2,1H3,(H,24,27)/t20-/m0/s1. The van der Waals surface area contributed by atoms with Gasteiger partial charge in [0.15, 0.2) is 11.5 Å². The van der Waals surface area contributed by atoms with E-state index in [0.717, 1.165) is 5.01 Å². The molecule has 2 aliphatic heterocycles. The maximum absolute atomic E-state index is 12.9. The zero-order chi connectivity index (χ0) is 21.3. The van der Waals surface area contributed by atoms with E-state index in [1.54, 1.807) is 18.2 Å². The number of hydrogen-bond acceptors (Lipinski definition) is 6. The quantitative estimate of drug-likeness (QED) is 0.597. The first kappa shape index (κ1) is 19.6. The van der Waals surface area contributed by atoms with Crippen LogP contribution in [0.1, 0.15) is 18.1 Å². The van der Waals surface area contributed by atoms with Gasteiger partial charge in [0, 0.05) is 0 Å². The zero-order valence-electron chi connectivity index (χ0n) is 15.8. The number of benzene rings is 2. The van der Waals surface area contributed by atoms with E-state index >= 15 is 0 Å². The highest BCUT2D eigenvalue weighted by Gasteiger charge is 2.49. The van der Waals surface area contributed by atoms with Crippen molar-refractivity contribution in [2.24, 2.45) is 5.10 Å². The predicted octanol–water partition coefficient (Wildman–Crippen LogP) is 2.86. The van der Waals surface area contributed by atoms with Crippen molar-refractivity contribution < 1.29 is 32.6 Å². The average molecular weight is 417 g/mol. The van der Waals surface area contributed by atoms with Crippen molar-refractivity contribution in [3.8, 4) is 17.2 Å².